The molecule has 2 nitrogen and oxygen atoms in total. The summed E-state index contributed by atoms with van der Waals surface area (Å²) in [5.74, 6) is -0.631. The second kappa shape index (κ2) is 11.2. The minimum absolute atomic E-state index is 0. The van der Waals surface area contributed by atoms with E-state index in [0.717, 1.165) is 25.7 Å². The van der Waals surface area contributed by atoms with Crippen LogP contribution in [-0.4, -0.2) is 11.1 Å². The summed E-state index contributed by atoms with van der Waals surface area (Å²) in [6, 6.07) is 0. The zero-order valence-corrected chi connectivity index (χ0v) is 17.0. The molecular formula is C19H33O2Ti. The Kier molecular flexibility index (Phi) is 13.6. The van der Waals surface area contributed by atoms with Crippen LogP contribution in [0.2, 0.25) is 0 Å². The molecule has 0 bridgehead atoms. The fourth-order valence-corrected chi connectivity index (χ4v) is 2.76. The maximum Gasteiger partial charge on any atom is 3.00 e. The number of carbonyl (C=O) groups is 1. The van der Waals surface area contributed by atoms with Crippen LogP contribution in [0.5, 0.6) is 0 Å². The summed E-state index contributed by atoms with van der Waals surface area (Å²) in [6.07, 6.45) is 8.67. The molecule has 3 heteroatoms. The largest absolute Gasteiger partial charge is 3.00 e. The number of aliphatic carboxylic acids is 1. The Morgan fingerprint density at radius 3 is 1.73 bits per heavy atom. The van der Waals surface area contributed by atoms with E-state index in [1.54, 1.807) is 0 Å². The minimum Gasteiger partial charge on any atom is -0.481 e. The van der Waals surface area contributed by atoms with Crippen molar-refractivity contribution in [2.24, 2.45) is 11.3 Å². The Morgan fingerprint density at radius 2 is 1.55 bits per heavy atom. The van der Waals surface area contributed by atoms with Gasteiger partial charge in [-0.3, -0.25) is 10.9 Å². The van der Waals surface area contributed by atoms with Gasteiger partial charge in [-0.2, -0.15) is 11.1 Å². The van der Waals surface area contributed by atoms with Gasteiger partial charge in [0.2, 0.25) is 0 Å². The average molecular weight is 341 g/mol. The Labute approximate surface area is 153 Å². The van der Waals surface area contributed by atoms with Gasteiger partial charge in [-0.25, -0.2) is 5.57 Å². The molecular weight excluding hydrogens is 308 g/mol. The molecule has 1 fully saturated rings. The monoisotopic (exact) mass is 341 g/mol. The predicted molar refractivity (Wildman–Crippen MR) is 91.6 cm³/mol. The molecule has 22 heavy (non-hydrogen) atoms. The average Bonchev–Trinajstić information content (AvgIpc) is 2.54. The van der Waals surface area contributed by atoms with Crippen molar-refractivity contribution in [3.63, 3.8) is 0 Å². The van der Waals surface area contributed by atoms with Gasteiger partial charge >= 0.3 is 27.7 Å². The maximum absolute atomic E-state index is 10.4. The first-order chi connectivity index (χ1) is 8.75. The third kappa shape index (κ3) is 7.29. The van der Waals surface area contributed by atoms with Crippen LogP contribution in [-0.2, 0) is 26.5 Å². The SMILES string of the molecule is CC1=[C-]C(C)(C)C(C)=C1C.O=C(O)C1CCCCC1.[CH3-].[CH3-].[Ti+3]. The van der Waals surface area contributed by atoms with E-state index in [4.69, 9.17) is 5.11 Å². The van der Waals surface area contributed by atoms with Crippen LogP contribution in [0.25, 0.3) is 0 Å². The normalized spacial score (nSPS) is 19.6. The van der Waals surface area contributed by atoms with Crippen LogP contribution in [0.4, 0.5) is 0 Å². The minimum atomic E-state index is -0.602. The van der Waals surface area contributed by atoms with Gasteiger partial charge in [0.05, 0.1) is 5.92 Å². The van der Waals surface area contributed by atoms with Crippen molar-refractivity contribution in [1.29, 1.82) is 0 Å². The van der Waals surface area contributed by atoms with Crippen LogP contribution in [0.15, 0.2) is 16.7 Å². The molecule has 1 N–H and O–H groups in total. The zero-order valence-electron chi connectivity index (χ0n) is 15.5. The smallest absolute Gasteiger partial charge is 0.481 e. The molecule has 0 aliphatic heterocycles. The molecule has 1 radical (unpaired) electrons. The molecule has 0 aromatic heterocycles. The first-order valence-electron chi connectivity index (χ1n) is 7.28. The second-order valence-electron chi connectivity index (χ2n) is 6.30. The van der Waals surface area contributed by atoms with E-state index in [0.29, 0.717) is 0 Å². The molecule has 0 atom stereocenters. The molecule has 0 unspecified atom stereocenters. The zero-order chi connectivity index (χ0) is 14.6. The van der Waals surface area contributed by atoms with E-state index in [1.165, 1.54) is 23.1 Å². The Morgan fingerprint density at radius 1 is 1.09 bits per heavy atom. The van der Waals surface area contributed by atoms with Gasteiger partial charge in [0.25, 0.3) is 0 Å². The topological polar surface area (TPSA) is 37.3 Å². The summed E-state index contributed by atoms with van der Waals surface area (Å²) < 4.78 is 0. The van der Waals surface area contributed by atoms with Crippen LogP contribution >= 0.6 is 0 Å². The predicted octanol–water partition coefficient (Wildman–Crippen LogP) is 5.66. The number of allylic oxidation sites excluding steroid dienone is 4. The van der Waals surface area contributed by atoms with Crippen LogP contribution < -0.4 is 0 Å². The molecule has 0 aromatic rings. The van der Waals surface area contributed by atoms with E-state index < -0.39 is 5.97 Å². The van der Waals surface area contributed by atoms with Crippen molar-refractivity contribution in [2.75, 3.05) is 0 Å². The van der Waals surface area contributed by atoms with Gasteiger partial charge in [0.1, 0.15) is 0 Å². The fourth-order valence-electron chi connectivity index (χ4n) is 2.76. The van der Waals surface area contributed by atoms with Gasteiger partial charge in [-0.05, 0) is 12.8 Å². The number of carboxylic acids is 1. The quantitative estimate of drug-likeness (QED) is 0.493. The molecule has 2 aliphatic rings. The van der Waals surface area contributed by atoms with Gasteiger partial charge in [-0.15, -0.1) is 6.92 Å². The van der Waals surface area contributed by atoms with E-state index in [1.807, 2.05) is 0 Å². The summed E-state index contributed by atoms with van der Waals surface area (Å²) in [6.45, 7) is 10.9. The van der Waals surface area contributed by atoms with Crippen LogP contribution in [0, 0.1) is 32.3 Å². The van der Waals surface area contributed by atoms with Gasteiger partial charge < -0.3 is 20.0 Å². The number of rotatable bonds is 1. The molecule has 2 rings (SSSR count). The standard InChI is InChI=1S/C10H15.C7H12O2.2CH3.Ti/c1-7-6-10(4,5)9(3)8(7)2;8-7(9)6-4-2-1-3-5-6;;;/h1-5H3;6H,1-5H2,(H,8,9);2*1H3;/q-1;;2*-1;+3. The van der Waals surface area contributed by atoms with Crippen LogP contribution in [0.1, 0.15) is 66.7 Å². The molecule has 1 saturated carbocycles. The van der Waals surface area contributed by atoms with Crippen molar-refractivity contribution in [2.45, 2.75) is 66.7 Å². The molecule has 125 valence electrons. The Bertz CT molecular complexity index is 400. The van der Waals surface area contributed by atoms with E-state index >= 15 is 0 Å². The Balaban J connectivity index is -0.000000290. The molecule has 0 spiro atoms. The summed E-state index contributed by atoms with van der Waals surface area (Å²) in [5.41, 5.74) is 4.39. The molecule has 0 saturated heterocycles. The molecule has 2 aliphatic carbocycles. The van der Waals surface area contributed by atoms with E-state index in [9.17, 15) is 4.79 Å². The van der Waals surface area contributed by atoms with E-state index in [2.05, 4.69) is 40.7 Å². The molecule has 0 aromatic carbocycles. The first kappa shape index (κ1) is 26.6. The fraction of sp³-hybridized carbons (Fsp3) is 0.632. The number of hydrogen-bond donors (Lipinski definition) is 1. The third-order valence-corrected chi connectivity index (χ3v) is 4.52. The van der Waals surface area contributed by atoms with Gasteiger partial charge in [-0.1, -0.05) is 52.4 Å². The third-order valence-electron chi connectivity index (χ3n) is 4.52. The number of hydrogen-bond acceptors (Lipinski definition) is 1. The van der Waals surface area contributed by atoms with E-state index in [-0.39, 0.29) is 47.9 Å². The summed E-state index contributed by atoms with van der Waals surface area (Å²) >= 11 is 0. The van der Waals surface area contributed by atoms with Crippen molar-refractivity contribution >= 4 is 5.97 Å². The van der Waals surface area contributed by atoms with Gasteiger partial charge in [0.15, 0.2) is 0 Å². The first-order valence-corrected chi connectivity index (χ1v) is 7.28. The summed E-state index contributed by atoms with van der Waals surface area (Å²) in [4.78, 5) is 10.4. The van der Waals surface area contributed by atoms with Crippen molar-refractivity contribution in [3.05, 3.63) is 37.6 Å². The van der Waals surface area contributed by atoms with Crippen molar-refractivity contribution in [3.8, 4) is 0 Å². The summed E-state index contributed by atoms with van der Waals surface area (Å²) in [5, 5.41) is 8.54. The van der Waals surface area contributed by atoms with Crippen molar-refractivity contribution < 1.29 is 31.6 Å². The second-order valence-corrected chi connectivity index (χ2v) is 6.30. The number of carboxylic acid groups (broad SMARTS) is 1. The summed E-state index contributed by atoms with van der Waals surface area (Å²) in [7, 11) is 0. The van der Waals surface area contributed by atoms with Crippen LogP contribution in [0.3, 0.4) is 0 Å². The Hall–Kier alpha value is -0.336. The van der Waals surface area contributed by atoms with Gasteiger partial charge in [0, 0.05) is 0 Å². The molecule has 0 amide bonds. The molecule has 0 heterocycles. The van der Waals surface area contributed by atoms with Crippen molar-refractivity contribution in [1.82, 2.24) is 0 Å². The maximum atomic E-state index is 10.4.